The van der Waals surface area contributed by atoms with E-state index in [2.05, 4.69) is 14.8 Å². The molecule has 12 heteroatoms. The number of aryl methyl sites for hydroxylation is 1. The topological polar surface area (TPSA) is 86.1 Å². The number of nitrogens with one attached hydrogen (secondary N) is 1. The molecule has 0 aliphatic heterocycles. The molecule has 1 N–H and O–H groups in total. The van der Waals surface area contributed by atoms with E-state index >= 15 is 0 Å². The number of pyridine rings is 1. The van der Waals surface area contributed by atoms with E-state index in [9.17, 15) is 21.6 Å². The van der Waals surface area contributed by atoms with Crippen LogP contribution in [0.4, 0.5) is 18.9 Å². The molecule has 1 saturated carbocycles. The fourth-order valence-electron chi connectivity index (χ4n) is 3.90. The number of anilines is 1. The second kappa shape index (κ2) is 8.86. The molecule has 0 unspecified atom stereocenters. The van der Waals surface area contributed by atoms with Crippen molar-refractivity contribution in [2.75, 3.05) is 4.72 Å². The average Bonchev–Trinajstić information content (AvgIpc) is 3.16. The largest absolute Gasteiger partial charge is 0.488 e. The molecule has 0 spiro atoms. The minimum atomic E-state index is -4.31. The number of hydrogen-bond acceptors (Lipinski definition) is 5. The Hall–Kier alpha value is -2.79. The summed E-state index contributed by atoms with van der Waals surface area (Å²) >= 11 is 6.21. The van der Waals surface area contributed by atoms with E-state index in [-0.39, 0.29) is 29.3 Å². The average molecular weight is 501 g/mol. The van der Waals surface area contributed by atoms with Gasteiger partial charge in [0.1, 0.15) is 22.6 Å². The predicted octanol–water partition coefficient (Wildman–Crippen LogP) is 4.76. The number of sulfonamides is 1. The highest BCUT2D eigenvalue weighted by Gasteiger charge is 2.44. The van der Waals surface area contributed by atoms with Gasteiger partial charge in [0, 0.05) is 56.2 Å². The highest BCUT2D eigenvalue weighted by molar-refractivity contribution is 7.92. The van der Waals surface area contributed by atoms with Gasteiger partial charge in [-0.1, -0.05) is 11.6 Å². The minimum Gasteiger partial charge on any atom is -0.488 e. The molecule has 7 nitrogen and oxygen atoms in total. The molecular weight excluding hydrogens is 481 g/mol. The number of aromatic nitrogens is 3. The molecule has 176 valence electrons. The van der Waals surface area contributed by atoms with Crippen LogP contribution in [0.2, 0.25) is 5.02 Å². The third-order valence-corrected chi connectivity index (χ3v) is 7.19. The quantitative estimate of drug-likeness (QED) is 0.527. The van der Waals surface area contributed by atoms with Gasteiger partial charge in [-0.25, -0.2) is 21.6 Å². The maximum atomic E-state index is 14.8. The first-order chi connectivity index (χ1) is 15.6. The van der Waals surface area contributed by atoms with Crippen molar-refractivity contribution in [1.29, 1.82) is 0 Å². The Morgan fingerprint density at radius 3 is 2.61 bits per heavy atom. The lowest BCUT2D eigenvalue weighted by Gasteiger charge is -2.36. The lowest BCUT2D eigenvalue weighted by atomic mass is 9.82. The van der Waals surface area contributed by atoms with Crippen LogP contribution >= 0.6 is 11.6 Å². The van der Waals surface area contributed by atoms with Crippen molar-refractivity contribution in [1.82, 2.24) is 14.8 Å². The maximum Gasteiger partial charge on any atom is 0.264 e. The fourth-order valence-corrected chi connectivity index (χ4v) is 5.32. The van der Waals surface area contributed by atoms with Crippen molar-refractivity contribution in [2.45, 2.75) is 42.1 Å². The summed E-state index contributed by atoms with van der Waals surface area (Å²) in [6.45, 7) is 0. The molecule has 2 atom stereocenters. The summed E-state index contributed by atoms with van der Waals surface area (Å²) in [7, 11) is -2.62. The van der Waals surface area contributed by atoms with E-state index in [1.807, 2.05) is 0 Å². The van der Waals surface area contributed by atoms with Gasteiger partial charge >= 0.3 is 0 Å². The highest BCUT2D eigenvalue weighted by Crippen LogP contribution is 2.44. The predicted molar refractivity (Wildman–Crippen MR) is 116 cm³/mol. The Morgan fingerprint density at radius 2 is 1.94 bits per heavy atom. The summed E-state index contributed by atoms with van der Waals surface area (Å²) < 4.78 is 78.0. The van der Waals surface area contributed by atoms with Gasteiger partial charge in [-0.2, -0.15) is 5.10 Å². The van der Waals surface area contributed by atoms with E-state index in [0.717, 1.165) is 12.1 Å². The molecule has 2 heterocycles. The third-order valence-electron chi connectivity index (χ3n) is 5.50. The lowest BCUT2D eigenvalue weighted by Crippen LogP contribution is -2.39. The molecule has 1 aliphatic carbocycles. The monoisotopic (exact) mass is 500 g/mol. The zero-order valence-corrected chi connectivity index (χ0v) is 19.0. The summed E-state index contributed by atoms with van der Waals surface area (Å²) in [6.07, 6.45) is 2.51. The Kier molecular flexibility index (Phi) is 6.28. The molecule has 0 amide bonds. The van der Waals surface area contributed by atoms with E-state index < -0.39 is 45.1 Å². The molecule has 1 aliphatic rings. The Morgan fingerprint density at radius 1 is 1.21 bits per heavy atom. The fraction of sp³-hybridized carbons (Fsp3) is 0.333. The number of alkyl halides is 2. The molecule has 0 radical (unpaired) electrons. The molecule has 0 saturated heterocycles. The van der Waals surface area contributed by atoms with Crippen LogP contribution in [0.1, 0.15) is 30.9 Å². The van der Waals surface area contributed by atoms with E-state index in [0.29, 0.717) is 5.69 Å². The van der Waals surface area contributed by atoms with Gasteiger partial charge in [0.05, 0.1) is 10.7 Å². The van der Waals surface area contributed by atoms with Crippen molar-refractivity contribution < 1.29 is 26.3 Å². The number of nitrogens with zero attached hydrogens (tertiary/aromatic N) is 3. The number of ether oxygens (including phenoxy) is 1. The molecule has 2 aromatic heterocycles. The molecule has 0 bridgehead atoms. The number of halogens is 4. The van der Waals surface area contributed by atoms with Gasteiger partial charge in [-0.15, -0.1) is 0 Å². The van der Waals surface area contributed by atoms with E-state index in [1.165, 1.54) is 24.5 Å². The second-order valence-corrected chi connectivity index (χ2v) is 9.85. The summed E-state index contributed by atoms with van der Waals surface area (Å²) in [5.41, 5.74) is 0.886. The van der Waals surface area contributed by atoms with Crippen LogP contribution in [0.15, 0.2) is 53.8 Å². The SMILES string of the molecule is Cn1nccc1[C@H]1CCC(F)(F)C[C@@H]1Oc1cc(F)c(S(=O)(=O)Nc2ccncc2)cc1Cl. The van der Waals surface area contributed by atoms with Crippen LogP contribution in [-0.2, 0) is 17.1 Å². The summed E-state index contributed by atoms with van der Waals surface area (Å²) in [5.74, 6) is -4.72. The van der Waals surface area contributed by atoms with Crippen LogP contribution in [0.25, 0.3) is 0 Å². The standard InChI is InChI=1S/C21H20ClF3N4O3S/c1-29-17(5-9-27-29)14-2-6-21(24,25)12-19(14)32-18-11-16(23)20(10-15(18)22)33(30,31)28-13-3-7-26-8-4-13/h3-5,7-11,14,19H,2,6,12H2,1H3,(H,26,28)/t14-,19+/m1/s1. The molecular formula is C21H20ClF3N4O3S. The van der Waals surface area contributed by atoms with Gasteiger partial charge in [0.2, 0.25) is 0 Å². The molecule has 1 aromatic carbocycles. The Labute approximate surface area is 193 Å². The van der Waals surface area contributed by atoms with Gasteiger partial charge in [-0.3, -0.25) is 14.4 Å². The summed E-state index contributed by atoms with van der Waals surface area (Å²) in [6, 6.07) is 6.21. The van der Waals surface area contributed by atoms with Crippen LogP contribution in [0.3, 0.4) is 0 Å². The molecule has 1 fully saturated rings. The number of benzene rings is 1. The Bertz CT molecular complexity index is 1250. The van der Waals surface area contributed by atoms with Crippen molar-refractivity contribution in [2.24, 2.45) is 7.05 Å². The van der Waals surface area contributed by atoms with Crippen molar-refractivity contribution in [3.05, 3.63) is 65.5 Å². The zero-order valence-electron chi connectivity index (χ0n) is 17.4. The van der Waals surface area contributed by atoms with Crippen LogP contribution in [0, 0.1) is 5.82 Å². The first-order valence-corrected chi connectivity index (χ1v) is 11.9. The molecule has 33 heavy (non-hydrogen) atoms. The summed E-state index contributed by atoms with van der Waals surface area (Å²) in [5, 5.41) is 3.87. The van der Waals surface area contributed by atoms with Crippen LogP contribution in [-0.4, -0.2) is 35.2 Å². The summed E-state index contributed by atoms with van der Waals surface area (Å²) in [4.78, 5) is 3.08. The molecule has 4 rings (SSSR count). The first-order valence-electron chi connectivity index (χ1n) is 10.00. The van der Waals surface area contributed by atoms with E-state index in [1.54, 1.807) is 24.0 Å². The minimum absolute atomic E-state index is 0.139. The number of hydrogen-bond donors (Lipinski definition) is 1. The van der Waals surface area contributed by atoms with E-state index in [4.69, 9.17) is 16.3 Å². The number of rotatable bonds is 6. The first kappa shape index (κ1) is 23.4. The van der Waals surface area contributed by atoms with Gasteiger partial charge in [-0.05, 0) is 30.7 Å². The van der Waals surface area contributed by atoms with Crippen molar-refractivity contribution in [3.63, 3.8) is 0 Å². The third kappa shape index (κ3) is 5.09. The second-order valence-electron chi connectivity index (χ2n) is 7.80. The zero-order chi connectivity index (χ0) is 23.8. The van der Waals surface area contributed by atoms with Gasteiger partial charge in [0.15, 0.2) is 0 Å². The van der Waals surface area contributed by atoms with Gasteiger partial charge < -0.3 is 4.74 Å². The normalized spacial score (nSPS) is 20.4. The van der Waals surface area contributed by atoms with Crippen molar-refractivity contribution in [3.8, 4) is 5.75 Å². The smallest absolute Gasteiger partial charge is 0.264 e. The van der Waals surface area contributed by atoms with Crippen molar-refractivity contribution >= 4 is 27.3 Å². The Balaban J connectivity index is 1.62. The van der Waals surface area contributed by atoms with Gasteiger partial charge in [0.25, 0.3) is 15.9 Å². The lowest BCUT2D eigenvalue weighted by molar-refractivity contribution is -0.0780. The maximum absolute atomic E-state index is 14.8. The van der Waals surface area contributed by atoms with Crippen LogP contribution < -0.4 is 9.46 Å². The van der Waals surface area contributed by atoms with Crippen LogP contribution in [0.5, 0.6) is 5.75 Å². The highest BCUT2D eigenvalue weighted by atomic mass is 35.5. The molecule has 3 aromatic rings.